The molecule has 2 N–H and O–H groups in total. The SMILES string of the molecule is CC1N=NN(CC(N)=O)[N-]1. The summed E-state index contributed by atoms with van der Waals surface area (Å²) < 4.78 is 0. The summed E-state index contributed by atoms with van der Waals surface area (Å²) in [6.45, 7) is 1.78. The maximum atomic E-state index is 10.3. The van der Waals surface area contributed by atoms with Gasteiger partial charge in [0.05, 0.1) is 6.54 Å². The Kier molecular flexibility index (Phi) is 1.81. The molecule has 1 amide bonds. The van der Waals surface area contributed by atoms with Crippen molar-refractivity contribution in [1.82, 2.24) is 5.12 Å². The van der Waals surface area contributed by atoms with Gasteiger partial charge in [0.25, 0.3) is 0 Å². The Hall–Kier alpha value is -1.17. The average molecular weight is 142 g/mol. The van der Waals surface area contributed by atoms with Crippen LogP contribution in [0, 0.1) is 0 Å². The molecule has 0 aromatic heterocycles. The second-order valence-corrected chi connectivity index (χ2v) is 1.95. The van der Waals surface area contributed by atoms with Crippen LogP contribution in [0.25, 0.3) is 5.43 Å². The summed E-state index contributed by atoms with van der Waals surface area (Å²) in [4.78, 5) is 10.3. The van der Waals surface area contributed by atoms with Crippen LogP contribution in [0.2, 0.25) is 0 Å². The van der Waals surface area contributed by atoms with E-state index in [4.69, 9.17) is 5.73 Å². The van der Waals surface area contributed by atoms with Crippen molar-refractivity contribution in [2.75, 3.05) is 6.54 Å². The van der Waals surface area contributed by atoms with Crippen LogP contribution in [0.15, 0.2) is 10.3 Å². The molecule has 1 rings (SSSR count). The first-order chi connectivity index (χ1) is 4.68. The van der Waals surface area contributed by atoms with Gasteiger partial charge in [-0.3, -0.25) is 4.79 Å². The maximum Gasteiger partial charge on any atom is 0.236 e. The number of amides is 1. The predicted octanol–water partition coefficient (Wildman–Crippen LogP) is -0.211. The third-order valence-electron chi connectivity index (χ3n) is 0.920. The number of nitrogens with two attached hydrogens (primary N) is 1. The summed E-state index contributed by atoms with van der Waals surface area (Å²) >= 11 is 0. The van der Waals surface area contributed by atoms with Gasteiger partial charge in [0.15, 0.2) is 0 Å². The fourth-order valence-electron chi connectivity index (χ4n) is 0.585. The first-order valence-corrected chi connectivity index (χ1v) is 2.86. The molecular formula is C4H8N5O-. The van der Waals surface area contributed by atoms with Crippen LogP contribution >= 0.6 is 0 Å². The van der Waals surface area contributed by atoms with E-state index in [1.54, 1.807) is 6.92 Å². The van der Waals surface area contributed by atoms with Crippen molar-refractivity contribution in [1.29, 1.82) is 0 Å². The molecule has 1 heterocycles. The van der Waals surface area contributed by atoms with E-state index >= 15 is 0 Å². The first-order valence-electron chi connectivity index (χ1n) is 2.86. The van der Waals surface area contributed by atoms with E-state index in [1.165, 1.54) is 5.12 Å². The van der Waals surface area contributed by atoms with Gasteiger partial charge in [-0.05, 0) is 6.17 Å². The maximum absolute atomic E-state index is 10.3. The summed E-state index contributed by atoms with van der Waals surface area (Å²) in [6.07, 6.45) is -0.181. The molecule has 10 heavy (non-hydrogen) atoms. The molecule has 0 radical (unpaired) electrons. The zero-order valence-electron chi connectivity index (χ0n) is 5.56. The van der Waals surface area contributed by atoms with Crippen LogP contribution in [0.3, 0.4) is 0 Å². The lowest BCUT2D eigenvalue weighted by Crippen LogP contribution is -2.26. The minimum absolute atomic E-state index is 0.00778. The highest BCUT2D eigenvalue weighted by Gasteiger charge is 2.02. The molecule has 0 saturated carbocycles. The zero-order chi connectivity index (χ0) is 7.56. The lowest BCUT2D eigenvalue weighted by atomic mass is 10.6. The van der Waals surface area contributed by atoms with Crippen LogP contribution in [-0.2, 0) is 4.79 Å². The lowest BCUT2D eigenvalue weighted by Gasteiger charge is -2.26. The molecule has 0 bridgehead atoms. The van der Waals surface area contributed by atoms with Crippen molar-refractivity contribution in [2.45, 2.75) is 13.1 Å². The minimum atomic E-state index is -0.461. The Balaban J connectivity index is 2.33. The number of primary amides is 1. The van der Waals surface area contributed by atoms with Crippen molar-refractivity contribution >= 4 is 5.91 Å². The van der Waals surface area contributed by atoms with E-state index in [2.05, 4.69) is 15.8 Å². The number of hydrogen-bond acceptors (Lipinski definition) is 4. The minimum Gasteiger partial charge on any atom is -0.525 e. The van der Waals surface area contributed by atoms with Gasteiger partial charge in [0.1, 0.15) is 0 Å². The Bertz CT molecular complexity index is 167. The van der Waals surface area contributed by atoms with Gasteiger partial charge >= 0.3 is 0 Å². The van der Waals surface area contributed by atoms with Crippen molar-refractivity contribution in [2.24, 2.45) is 16.1 Å². The van der Waals surface area contributed by atoms with Gasteiger partial charge in [-0.15, -0.1) is 0 Å². The van der Waals surface area contributed by atoms with Gasteiger partial charge in [0, 0.05) is 0 Å². The van der Waals surface area contributed by atoms with Gasteiger partial charge < -0.3 is 16.3 Å². The summed E-state index contributed by atoms with van der Waals surface area (Å²) in [5.74, 6) is -0.461. The molecule has 6 heteroatoms. The smallest absolute Gasteiger partial charge is 0.236 e. The number of carbonyl (C=O) groups is 1. The van der Waals surface area contributed by atoms with E-state index in [1.807, 2.05) is 0 Å². The highest BCUT2D eigenvalue weighted by Crippen LogP contribution is 2.15. The molecule has 0 aliphatic carbocycles. The van der Waals surface area contributed by atoms with Crippen LogP contribution in [0.4, 0.5) is 0 Å². The molecule has 1 aliphatic heterocycles. The van der Waals surface area contributed by atoms with Gasteiger partial charge in [-0.1, -0.05) is 12.1 Å². The Morgan fingerprint density at radius 1 is 1.90 bits per heavy atom. The summed E-state index contributed by atoms with van der Waals surface area (Å²) in [5, 5.41) is 8.38. The van der Waals surface area contributed by atoms with E-state index in [0.29, 0.717) is 0 Å². The van der Waals surface area contributed by atoms with Crippen LogP contribution in [-0.4, -0.2) is 23.7 Å². The van der Waals surface area contributed by atoms with Gasteiger partial charge in [-0.2, -0.15) is 5.11 Å². The third kappa shape index (κ3) is 1.66. The molecule has 0 spiro atoms. The molecule has 56 valence electrons. The summed E-state index contributed by atoms with van der Waals surface area (Å²) in [5.41, 5.74) is 8.70. The van der Waals surface area contributed by atoms with Crippen LogP contribution < -0.4 is 5.73 Å². The highest BCUT2D eigenvalue weighted by molar-refractivity contribution is 5.76. The van der Waals surface area contributed by atoms with Crippen molar-refractivity contribution in [3.63, 3.8) is 0 Å². The van der Waals surface area contributed by atoms with Gasteiger partial charge in [0.2, 0.25) is 5.91 Å². The fraction of sp³-hybridized carbons (Fsp3) is 0.750. The van der Waals surface area contributed by atoms with E-state index in [9.17, 15) is 4.79 Å². The first kappa shape index (κ1) is 6.94. The van der Waals surface area contributed by atoms with E-state index in [0.717, 1.165) is 0 Å². The third-order valence-corrected chi connectivity index (χ3v) is 0.920. The molecule has 1 unspecified atom stereocenters. The molecule has 1 aliphatic rings. The van der Waals surface area contributed by atoms with E-state index in [-0.39, 0.29) is 12.7 Å². The van der Waals surface area contributed by atoms with Crippen molar-refractivity contribution in [3.05, 3.63) is 5.43 Å². The Morgan fingerprint density at radius 2 is 2.60 bits per heavy atom. The zero-order valence-corrected chi connectivity index (χ0v) is 5.56. The molecule has 0 aromatic carbocycles. The van der Waals surface area contributed by atoms with Crippen molar-refractivity contribution in [3.8, 4) is 0 Å². The topological polar surface area (TPSA) is 85.2 Å². The monoisotopic (exact) mass is 142 g/mol. The standard InChI is InChI=1S/C4H8N5O/c1-3-6-8-9(7-3)2-4(5)10/h3H,2H2,1H3,(H2,5,10)/q-1. The van der Waals surface area contributed by atoms with Gasteiger partial charge in [-0.25, -0.2) is 0 Å². The number of carbonyl (C=O) groups excluding carboxylic acids is 1. The normalized spacial score (nSPS) is 23.7. The Labute approximate surface area is 58.0 Å². The highest BCUT2D eigenvalue weighted by atomic mass is 16.1. The second kappa shape index (κ2) is 2.61. The summed E-state index contributed by atoms with van der Waals surface area (Å²) in [6, 6.07) is 0. The predicted molar refractivity (Wildman–Crippen MR) is 33.6 cm³/mol. The second-order valence-electron chi connectivity index (χ2n) is 1.95. The molecule has 0 fully saturated rings. The largest absolute Gasteiger partial charge is 0.525 e. The molecular weight excluding hydrogens is 134 g/mol. The fourth-order valence-corrected chi connectivity index (χ4v) is 0.585. The number of rotatable bonds is 2. The molecule has 0 saturated heterocycles. The van der Waals surface area contributed by atoms with E-state index < -0.39 is 5.91 Å². The quantitative estimate of drug-likeness (QED) is 0.578. The number of nitrogens with zero attached hydrogens (tertiary/aromatic N) is 4. The Morgan fingerprint density at radius 3 is 3.00 bits per heavy atom. The molecule has 6 nitrogen and oxygen atoms in total. The molecule has 0 aromatic rings. The molecule has 1 atom stereocenters. The average Bonchev–Trinajstić information content (AvgIpc) is 2.13. The summed E-state index contributed by atoms with van der Waals surface area (Å²) in [7, 11) is 0. The van der Waals surface area contributed by atoms with Crippen LogP contribution in [0.1, 0.15) is 6.92 Å². The van der Waals surface area contributed by atoms with Crippen molar-refractivity contribution < 1.29 is 4.79 Å². The lowest BCUT2D eigenvalue weighted by molar-refractivity contribution is -0.118. The van der Waals surface area contributed by atoms with Crippen LogP contribution in [0.5, 0.6) is 0 Å². The number of hydrogen-bond donors (Lipinski definition) is 1.